The van der Waals surface area contributed by atoms with Crippen LogP contribution >= 0.6 is 0 Å². The van der Waals surface area contributed by atoms with E-state index >= 15 is 0 Å². The Morgan fingerprint density at radius 1 is 1.26 bits per heavy atom. The largest absolute Gasteiger partial charge is 0.507 e. The zero-order valence-electron chi connectivity index (χ0n) is 12.4. The van der Waals surface area contributed by atoms with Crippen LogP contribution in [-0.2, 0) is 0 Å². The third kappa shape index (κ3) is 2.30. The highest BCUT2D eigenvalue weighted by molar-refractivity contribution is 5.97. The van der Waals surface area contributed by atoms with Gasteiger partial charge in [0, 0.05) is 0 Å². The zero-order valence-corrected chi connectivity index (χ0v) is 12.4. The summed E-state index contributed by atoms with van der Waals surface area (Å²) in [5.74, 6) is -0.673. The number of ether oxygens (including phenoxy) is 1. The molecule has 2 aromatic carbocycles. The van der Waals surface area contributed by atoms with Crippen molar-refractivity contribution in [2.75, 3.05) is 0 Å². The minimum absolute atomic E-state index is 0.00354. The smallest absolute Gasteiger partial charge is 0.205 e. The second-order valence-electron chi connectivity index (χ2n) is 5.27. The molecular weight excluding hydrogens is 292 g/mol. The summed E-state index contributed by atoms with van der Waals surface area (Å²) in [7, 11) is 0. The number of allylic oxidation sites excluding steroid dienone is 1. The second kappa shape index (κ2) is 5.50. The lowest BCUT2D eigenvalue weighted by Crippen LogP contribution is -2.21. The number of benzene rings is 2. The van der Waals surface area contributed by atoms with Crippen LogP contribution in [0, 0.1) is 11.3 Å². The molecule has 0 spiro atoms. The highest BCUT2D eigenvalue weighted by Crippen LogP contribution is 2.47. The van der Waals surface area contributed by atoms with Crippen LogP contribution in [0.5, 0.6) is 11.5 Å². The number of phenolic OH excluding ortho intramolecular Hbond substituents is 1. The number of hydrogen-bond donors (Lipinski definition) is 2. The zero-order chi connectivity index (χ0) is 16.6. The van der Waals surface area contributed by atoms with Gasteiger partial charge < -0.3 is 15.6 Å². The van der Waals surface area contributed by atoms with Crippen LogP contribution in [0.25, 0.3) is 0 Å². The number of nitrogens with zero attached hydrogens (tertiary/aromatic N) is 1. The van der Waals surface area contributed by atoms with Gasteiger partial charge in [0.15, 0.2) is 5.78 Å². The first-order valence-electron chi connectivity index (χ1n) is 7.04. The predicted molar refractivity (Wildman–Crippen MR) is 83.9 cm³/mol. The van der Waals surface area contributed by atoms with Gasteiger partial charge in [0.1, 0.15) is 23.1 Å². The van der Waals surface area contributed by atoms with Crippen LogP contribution in [0.2, 0.25) is 0 Å². The minimum Gasteiger partial charge on any atom is -0.507 e. The summed E-state index contributed by atoms with van der Waals surface area (Å²) < 4.78 is 5.47. The van der Waals surface area contributed by atoms with Gasteiger partial charge in [0.2, 0.25) is 5.88 Å². The molecule has 1 unspecified atom stereocenters. The first-order valence-corrected chi connectivity index (χ1v) is 7.04. The van der Waals surface area contributed by atoms with Gasteiger partial charge in [0.25, 0.3) is 0 Å². The van der Waals surface area contributed by atoms with Crippen molar-refractivity contribution in [1.29, 1.82) is 5.26 Å². The lowest BCUT2D eigenvalue weighted by atomic mass is 9.82. The summed E-state index contributed by atoms with van der Waals surface area (Å²) in [5, 5.41) is 20.0. The number of phenols is 1. The molecule has 0 radical (unpaired) electrons. The van der Waals surface area contributed by atoms with Crippen molar-refractivity contribution in [3.05, 3.63) is 70.6 Å². The van der Waals surface area contributed by atoms with Crippen molar-refractivity contribution in [3.8, 4) is 17.6 Å². The van der Waals surface area contributed by atoms with E-state index in [9.17, 15) is 15.2 Å². The molecule has 1 atom stereocenters. The van der Waals surface area contributed by atoms with E-state index in [2.05, 4.69) is 6.07 Å². The van der Waals surface area contributed by atoms with Crippen LogP contribution in [0.15, 0.2) is 53.9 Å². The van der Waals surface area contributed by atoms with Crippen LogP contribution in [0.3, 0.4) is 0 Å². The number of hydrogen-bond acceptors (Lipinski definition) is 5. The molecule has 2 aromatic rings. The highest BCUT2D eigenvalue weighted by Gasteiger charge is 2.34. The SMILES string of the molecule is CC(=O)c1ccc2c(c1O)C(c1ccccc1)C(C#N)=C(N)O2. The first kappa shape index (κ1) is 14.7. The van der Waals surface area contributed by atoms with E-state index in [1.807, 2.05) is 30.3 Å². The summed E-state index contributed by atoms with van der Waals surface area (Å²) in [6.45, 7) is 1.37. The average molecular weight is 306 g/mol. The Morgan fingerprint density at radius 3 is 2.57 bits per heavy atom. The molecule has 5 nitrogen and oxygen atoms in total. The molecule has 0 amide bonds. The molecule has 1 heterocycles. The Morgan fingerprint density at radius 2 is 1.96 bits per heavy atom. The molecule has 3 N–H and O–H groups in total. The van der Waals surface area contributed by atoms with E-state index in [1.165, 1.54) is 13.0 Å². The van der Waals surface area contributed by atoms with E-state index in [0.717, 1.165) is 5.56 Å². The van der Waals surface area contributed by atoms with Gasteiger partial charge >= 0.3 is 0 Å². The van der Waals surface area contributed by atoms with Gasteiger partial charge in [-0.2, -0.15) is 5.26 Å². The Labute approximate surface area is 133 Å². The van der Waals surface area contributed by atoms with Crippen molar-refractivity contribution in [2.45, 2.75) is 12.8 Å². The molecular formula is C18H14N2O3. The van der Waals surface area contributed by atoms with E-state index in [0.29, 0.717) is 11.3 Å². The standard InChI is InChI=1S/C18H14N2O3/c1-10(21)12-7-8-14-16(17(12)22)15(11-5-3-2-4-6-11)13(9-19)18(20)23-14/h2-8,15,22H,20H2,1H3. The number of rotatable bonds is 2. The molecule has 3 rings (SSSR count). The molecule has 0 aromatic heterocycles. The Bertz CT molecular complexity index is 864. The van der Waals surface area contributed by atoms with Gasteiger partial charge in [-0.3, -0.25) is 4.79 Å². The monoisotopic (exact) mass is 306 g/mol. The van der Waals surface area contributed by atoms with Crippen LogP contribution in [-0.4, -0.2) is 10.9 Å². The summed E-state index contributed by atoms with van der Waals surface area (Å²) >= 11 is 0. The van der Waals surface area contributed by atoms with Gasteiger partial charge in [-0.1, -0.05) is 30.3 Å². The Hall–Kier alpha value is -3.26. The molecule has 114 valence electrons. The second-order valence-corrected chi connectivity index (χ2v) is 5.27. The molecule has 5 heteroatoms. The van der Waals surface area contributed by atoms with Crippen LogP contribution in [0.4, 0.5) is 0 Å². The molecule has 0 bridgehead atoms. The number of carbonyl (C=O) groups is 1. The highest BCUT2D eigenvalue weighted by atomic mass is 16.5. The molecule has 0 fully saturated rings. The fraction of sp³-hybridized carbons (Fsp3) is 0.111. The topological polar surface area (TPSA) is 96.3 Å². The maximum atomic E-state index is 11.7. The van der Waals surface area contributed by atoms with E-state index < -0.39 is 5.92 Å². The number of nitrogens with two attached hydrogens (primary N) is 1. The lowest BCUT2D eigenvalue weighted by Gasteiger charge is -2.27. The van der Waals surface area contributed by atoms with Crippen molar-refractivity contribution < 1.29 is 14.6 Å². The molecule has 1 aliphatic rings. The van der Waals surface area contributed by atoms with Crippen molar-refractivity contribution in [1.82, 2.24) is 0 Å². The Balaban J connectivity index is 2.32. The average Bonchev–Trinajstić information content (AvgIpc) is 2.54. The van der Waals surface area contributed by atoms with Gasteiger partial charge in [-0.15, -0.1) is 0 Å². The summed E-state index contributed by atoms with van der Waals surface area (Å²) in [6.07, 6.45) is 0. The van der Waals surface area contributed by atoms with E-state index in [1.54, 1.807) is 6.07 Å². The number of Topliss-reactive ketones (excluding diaryl/α,β-unsaturated/α-hetero) is 1. The van der Waals surface area contributed by atoms with Gasteiger partial charge in [-0.05, 0) is 24.6 Å². The lowest BCUT2D eigenvalue weighted by molar-refractivity contribution is 0.101. The summed E-state index contributed by atoms with van der Waals surface area (Å²) in [6, 6.07) is 14.3. The number of fused-ring (bicyclic) bond motifs is 1. The summed E-state index contributed by atoms with van der Waals surface area (Å²) in [4.78, 5) is 11.7. The van der Waals surface area contributed by atoms with E-state index in [4.69, 9.17) is 10.5 Å². The fourth-order valence-electron chi connectivity index (χ4n) is 2.80. The third-order valence-electron chi connectivity index (χ3n) is 3.87. The maximum absolute atomic E-state index is 11.7. The van der Waals surface area contributed by atoms with Gasteiger partial charge in [-0.25, -0.2) is 0 Å². The number of nitriles is 1. The van der Waals surface area contributed by atoms with Crippen LogP contribution in [0.1, 0.15) is 34.3 Å². The molecule has 0 aliphatic carbocycles. The molecule has 23 heavy (non-hydrogen) atoms. The predicted octanol–water partition coefficient (Wildman–Crippen LogP) is 2.81. The van der Waals surface area contributed by atoms with Crippen molar-refractivity contribution >= 4 is 5.78 Å². The first-order chi connectivity index (χ1) is 11.0. The summed E-state index contributed by atoms with van der Waals surface area (Å²) in [5.41, 5.74) is 7.43. The molecule has 0 saturated heterocycles. The number of aromatic hydroxyl groups is 1. The van der Waals surface area contributed by atoms with Crippen molar-refractivity contribution in [3.63, 3.8) is 0 Å². The fourth-order valence-corrected chi connectivity index (χ4v) is 2.80. The number of carbonyl (C=O) groups excluding carboxylic acids is 1. The van der Waals surface area contributed by atoms with Gasteiger partial charge in [0.05, 0.1) is 17.0 Å². The third-order valence-corrected chi connectivity index (χ3v) is 3.87. The minimum atomic E-state index is -0.579. The van der Waals surface area contributed by atoms with E-state index in [-0.39, 0.29) is 28.6 Å². The quantitative estimate of drug-likeness (QED) is 0.832. The Kier molecular flexibility index (Phi) is 3.51. The maximum Gasteiger partial charge on any atom is 0.205 e. The normalized spacial score (nSPS) is 16.3. The number of ketones is 1. The van der Waals surface area contributed by atoms with Crippen LogP contribution < -0.4 is 10.5 Å². The molecule has 0 saturated carbocycles. The molecule has 1 aliphatic heterocycles. The van der Waals surface area contributed by atoms with Crippen molar-refractivity contribution in [2.24, 2.45) is 5.73 Å².